The van der Waals surface area contributed by atoms with Gasteiger partial charge in [0, 0.05) is 6.54 Å². The smallest absolute Gasteiger partial charge is 0.237 e. The van der Waals surface area contributed by atoms with Crippen LogP contribution in [0.1, 0.15) is 20.3 Å². The summed E-state index contributed by atoms with van der Waals surface area (Å²) >= 11 is 0. The van der Waals surface area contributed by atoms with Gasteiger partial charge in [0.25, 0.3) is 0 Å². The lowest BCUT2D eigenvalue weighted by molar-refractivity contribution is -0.122. The summed E-state index contributed by atoms with van der Waals surface area (Å²) in [6, 6.07) is -0.448. The second kappa shape index (κ2) is 5.97. The van der Waals surface area contributed by atoms with Crippen molar-refractivity contribution in [2.24, 2.45) is 11.7 Å². The van der Waals surface area contributed by atoms with Gasteiger partial charge in [0.1, 0.15) is 0 Å². The van der Waals surface area contributed by atoms with Crippen molar-refractivity contribution < 1.29 is 9.90 Å². The van der Waals surface area contributed by atoms with Crippen molar-refractivity contribution >= 4 is 5.91 Å². The minimum Gasteiger partial charge on any atom is -0.395 e. The van der Waals surface area contributed by atoms with E-state index in [1.54, 1.807) is 0 Å². The van der Waals surface area contributed by atoms with Crippen LogP contribution in [0.2, 0.25) is 0 Å². The van der Waals surface area contributed by atoms with Gasteiger partial charge in [0.15, 0.2) is 0 Å². The molecule has 4 heteroatoms. The average Bonchev–Trinajstić information content (AvgIpc) is 1.98. The SMILES string of the molecule is CC(C)C[C@@H](N)C(=O)NCCO. The van der Waals surface area contributed by atoms with E-state index in [1.165, 1.54) is 0 Å². The van der Waals surface area contributed by atoms with Crippen LogP contribution in [0.3, 0.4) is 0 Å². The molecule has 1 amide bonds. The topological polar surface area (TPSA) is 75.4 Å². The molecule has 0 aromatic carbocycles. The van der Waals surface area contributed by atoms with Crippen LogP contribution in [0.25, 0.3) is 0 Å². The summed E-state index contributed by atoms with van der Waals surface area (Å²) in [5.41, 5.74) is 5.57. The second-order valence-electron chi connectivity index (χ2n) is 3.25. The molecule has 0 spiro atoms. The second-order valence-corrected chi connectivity index (χ2v) is 3.25. The van der Waals surface area contributed by atoms with Crippen LogP contribution in [0.4, 0.5) is 0 Å². The summed E-state index contributed by atoms with van der Waals surface area (Å²) in [7, 11) is 0. The number of rotatable bonds is 5. The van der Waals surface area contributed by atoms with Crippen LogP contribution in [0, 0.1) is 5.92 Å². The zero-order valence-electron chi connectivity index (χ0n) is 7.71. The van der Waals surface area contributed by atoms with Crippen molar-refractivity contribution in [3.63, 3.8) is 0 Å². The van der Waals surface area contributed by atoms with E-state index in [0.29, 0.717) is 12.3 Å². The Kier molecular flexibility index (Phi) is 5.66. The van der Waals surface area contributed by atoms with Gasteiger partial charge in [-0.25, -0.2) is 0 Å². The molecule has 0 unspecified atom stereocenters. The molecule has 0 aromatic rings. The summed E-state index contributed by atoms with van der Waals surface area (Å²) in [5.74, 6) is 0.234. The van der Waals surface area contributed by atoms with E-state index >= 15 is 0 Å². The highest BCUT2D eigenvalue weighted by atomic mass is 16.3. The molecule has 0 aliphatic carbocycles. The quantitative estimate of drug-likeness (QED) is 0.524. The summed E-state index contributed by atoms with van der Waals surface area (Å²) in [6.07, 6.45) is 0.678. The van der Waals surface area contributed by atoms with Crippen molar-refractivity contribution in [3.05, 3.63) is 0 Å². The first-order valence-electron chi connectivity index (χ1n) is 4.22. The highest BCUT2D eigenvalue weighted by molar-refractivity contribution is 5.81. The zero-order valence-corrected chi connectivity index (χ0v) is 7.71. The lowest BCUT2D eigenvalue weighted by Crippen LogP contribution is -2.42. The molecule has 0 radical (unpaired) electrons. The van der Waals surface area contributed by atoms with Gasteiger partial charge in [-0.2, -0.15) is 0 Å². The molecule has 72 valence electrons. The van der Waals surface area contributed by atoms with Gasteiger partial charge >= 0.3 is 0 Å². The molecule has 0 fully saturated rings. The van der Waals surface area contributed by atoms with Crippen molar-refractivity contribution in [3.8, 4) is 0 Å². The Labute approximate surface area is 73.1 Å². The van der Waals surface area contributed by atoms with Gasteiger partial charge in [-0.3, -0.25) is 4.79 Å². The third kappa shape index (κ3) is 5.09. The van der Waals surface area contributed by atoms with Crippen molar-refractivity contribution in [1.29, 1.82) is 0 Å². The van der Waals surface area contributed by atoms with Crippen LogP contribution in [0.5, 0.6) is 0 Å². The number of hydrogen-bond acceptors (Lipinski definition) is 3. The number of aliphatic hydroxyl groups excluding tert-OH is 1. The van der Waals surface area contributed by atoms with Crippen LogP contribution in [-0.2, 0) is 4.79 Å². The van der Waals surface area contributed by atoms with Gasteiger partial charge in [0.05, 0.1) is 12.6 Å². The van der Waals surface area contributed by atoms with E-state index < -0.39 is 6.04 Å². The van der Waals surface area contributed by atoms with Gasteiger partial charge in [-0.1, -0.05) is 13.8 Å². The molecule has 4 nitrogen and oxygen atoms in total. The first-order chi connectivity index (χ1) is 5.57. The van der Waals surface area contributed by atoms with E-state index in [2.05, 4.69) is 5.32 Å². The van der Waals surface area contributed by atoms with Crippen molar-refractivity contribution in [2.75, 3.05) is 13.2 Å². The molecule has 0 rings (SSSR count). The summed E-state index contributed by atoms with van der Waals surface area (Å²) in [4.78, 5) is 11.1. The number of amides is 1. The van der Waals surface area contributed by atoms with E-state index in [-0.39, 0.29) is 19.1 Å². The number of nitrogens with two attached hydrogens (primary N) is 1. The summed E-state index contributed by atoms with van der Waals surface area (Å²) in [5, 5.41) is 10.9. The molecule has 0 saturated heterocycles. The minimum absolute atomic E-state index is 0.0415. The molecular formula is C8H18N2O2. The Hall–Kier alpha value is -0.610. The normalized spacial score (nSPS) is 13.1. The maximum absolute atomic E-state index is 11.1. The fraction of sp³-hybridized carbons (Fsp3) is 0.875. The van der Waals surface area contributed by atoms with Gasteiger partial charge in [0.2, 0.25) is 5.91 Å². The van der Waals surface area contributed by atoms with E-state index in [4.69, 9.17) is 10.8 Å². The minimum atomic E-state index is -0.448. The third-order valence-corrected chi connectivity index (χ3v) is 1.47. The number of aliphatic hydroxyl groups is 1. The van der Waals surface area contributed by atoms with Crippen LogP contribution < -0.4 is 11.1 Å². The van der Waals surface area contributed by atoms with Crippen LogP contribution >= 0.6 is 0 Å². The predicted molar refractivity (Wildman–Crippen MR) is 47.5 cm³/mol. The van der Waals surface area contributed by atoms with Crippen molar-refractivity contribution in [1.82, 2.24) is 5.32 Å². The first-order valence-corrected chi connectivity index (χ1v) is 4.22. The van der Waals surface area contributed by atoms with Gasteiger partial charge in [-0.05, 0) is 12.3 Å². The van der Waals surface area contributed by atoms with Crippen molar-refractivity contribution in [2.45, 2.75) is 26.3 Å². The highest BCUT2D eigenvalue weighted by Gasteiger charge is 2.13. The Morgan fingerprint density at radius 3 is 2.58 bits per heavy atom. The van der Waals surface area contributed by atoms with Crippen LogP contribution in [-0.4, -0.2) is 30.2 Å². The molecule has 0 bridgehead atoms. The molecule has 0 aromatic heterocycles. The lowest BCUT2D eigenvalue weighted by Gasteiger charge is -2.13. The number of carbonyl (C=O) groups is 1. The first kappa shape index (κ1) is 11.4. The Morgan fingerprint density at radius 2 is 2.17 bits per heavy atom. The van der Waals surface area contributed by atoms with E-state index in [0.717, 1.165) is 0 Å². The van der Waals surface area contributed by atoms with E-state index in [9.17, 15) is 4.79 Å². The van der Waals surface area contributed by atoms with Gasteiger partial charge in [-0.15, -0.1) is 0 Å². The standard InChI is InChI=1S/C8H18N2O2/c1-6(2)5-7(9)8(12)10-3-4-11/h6-7,11H,3-5,9H2,1-2H3,(H,10,12)/t7-/m1/s1. The molecule has 0 heterocycles. The number of hydrogen-bond donors (Lipinski definition) is 3. The molecular weight excluding hydrogens is 156 g/mol. The molecule has 0 saturated carbocycles. The maximum atomic E-state index is 11.1. The Morgan fingerprint density at radius 1 is 1.58 bits per heavy atom. The monoisotopic (exact) mass is 174 g/mol. The molecule has 0 aliphatic rings. The number of nitrogens with one attached hydrogen (secondary N) is 1. The average molecular weight is 174 g/mol. The fourth-order valence-electron chi connectivity index (χ4n) is 0.925. The lowest BCUT2D eigenvalue weighted by atomic mass is 10.0. The van der Waals surface area contributed by atoms with Crippen LogP contribution in [0.15, 0.2) is 0 Å². The molecule has 4 N–H and O–H groups in total. The summed E-state index contributed by atoms with van der Waals surface area (Å²) < 4.78 is 0. The Balaban J connectivity index is 3.61. The molecule has 0 aliphatic heterocycles. The van der Waals surface area contributed by atoms with Gasteiger partial charge < -0.3 is 16.2 Å². The largest absolute Gasteiger partial charge is 0.395 e. The molecule has 1 atom stereocenters. The molecule has 12 heavy (non-hydrogen) atoms. The highest BCUT2D eigenvalue weighted by Crippen LogP contribution is 2.01. The maximum Gasteiger partial charge on any atom is 0.237 e. The third-order valence-electron chi connectivity index (χ3n) is 1.47. The Bertz CT molecular complexity index is 137. The zero-order chi connectivity index (χ0) is 9.56. The summed E-state index contributed by atoms with van der Waals surface area (Å²) in [6.45, 7) is 4.27. The van der Waals surface area contributed by atoms with E-state index in [1.807, 2.05) is 13.8 Å². The predicted octanol–water partition coefficient (Wildman–Crippen LogP) is -0.532. The fourth-order valence-corrected chi connectivity index (χ4v) is 0.925. The number of carbonyl (C=O) groups excluding carboxylic acids is 1.